The first kappa shape index (κ1) is 13.8. The topological polar surface area (TPSA) is 29.5 Å². The summed E-state index contributed by atoms with van der Waals surface area (Å²) < 4.78 is 5.53. The van der Waals surface area contributed by atoms with Crippen molar-refractivity contribution in [3.63, 3.8) is 0 Å². The molecule has 2 aromatic carbocycles. The SMILES string of the molecule is COC1CCN(C(=O)c2ccc(C)cc2)c2ccccc21. The first-order valence-corrected chi connectivity index (χ1v) is 7.21. The standard InChI is InChI=1S/C18H19NO2/c1-13-7-9-14(10-8-13)18(20)19-12-11-17(21-2)15-5-3-4-6-16(15)19/h3-10,17H,11-12H2,1-2H3. The fourth-order valence-corrected chi connectivity index (χ4v) is 2.84. The van der Waals surface area contributed by atoms with Crippen molar-refractivity contribution in [1.29, 1.82) is 0 Å². The summed E-state index contributed by atoms with van der Waals surface area (Å²) in [6, 6.07) is 15.7. The molecule has 21 heavy (non-hydrogen) atoms. The van der Waals surface area contributed by atoms with Gasteiger partial charge in [0.2, 0.25) is 0 Å². The molecule has 1 aliphatic heterocycles. The Morgan fingerprint density at radius 2 is 1.86 bits per heavy atom. The van der Waals surface area contributed by atoms with E-state index in [0.717, 1.165) is 28.8 Å². The van der Waals surface area contributed by atoms with Crippen LogP contribution in [0.1, 0.15) is 34.0 Å². The number of hydrogen-bond donors (Lipinski definition) is 0. The van der Waals surface area contributed by atoms with Gasteiger partial charge in [0.15, 0.2) is 0 Å². The van der Waals surface area contributed by atoms with Gasteiger partial charge in [-0.25, -0.2) is 0 Å². The maximum absolute atomic E-state index is 12.8. The summed E-state index contributed by atoms with van der Waals surface area (Å²) in [5.41, 5.74) is 3.93. The van der Waals surface area contributed by atoms with Crippen LogP contribution in [0.5, 0.6) is 0 Å². The number of ether oxygens (including phenoxy) is 1. The maximum atomic E-state index is 12.8. The Morgan fingerprint density at radius 1 is 1.14 bits per heavy atom. The van der Waals surface area contributed by atoms with Crippen LogP contribution in [0.3, 0.4) is 0 Å². The van der Waals surface area contributed by atoms with Crippen LogP contribution in [0, 0.1) is 6.92 Å². The summed E-state index contributed by atoms with van der Waals surface area (Å²) in [6.07, 6.45) is 0.897. The molecule has 0 radical (unpaired) electrons. The number of nitrogens with zero attached hydrogens (tertiary/aromatic N) is 1. The summed E-state index contributed by atoms with van der Waals surface area (Å²) in [5, 5.41) is 0. The van der Waals surface area contributed by atoms with Crippen LogP contribution in [0.2, 0.25) is 0 Å². The van der Waals surface area contributed by atoms with Gasteiger partial charge in [0.25, 0.3) is 5.91 Å². The Kier molecular flexibility index (Phi) is 3.76. The van der Waals surface area contributed by atoms with E-state index in [1.807, 2.05) is 60.4 Å². The first-order chi connectivity index (χ1) is 10.2. The zero-order valence-electron chi connectivity index (χ0n) is 12.4. The third-order valence-electron chi connectivity index (χ3n) is 4.02. The monoisotopic (exact) mass is 281 g/mol. The van der Waals surface area contributed by atoms with E-state index in [0.29, 0.717) is 6.54 Å². The highest BCUT2D eigenvalue weighted by Crippen LogP contribution is 2.36. The average molecular weight is 281 g/mol. The molecule has 1 amide bonds. The molecule has 3 rings (SSSR count). The number of carbonyl (C=O) groups is 1. The lowest BCUT2D eigenvalue weighted by atomic mass is 9.98. The minimum absolute atomic E-state index is 0.0528. The maximum Gasteiger partial charge on any atom is 0.258 e. The van der Waals surface area contributed by atoms with E-state index < -0.39 is 0 Å². The van der Waals surface area contributed by atoms with E-state index in [2.05, 4.69) is 0 Å². The Labute approximate surface area is 125 Å². The van der Waals surface area contributed by atoms with Gasteiger partial charge in [-0.2, -0.15) is 0 Å². The molecule has 3 nitrogen and oxygen atoms in total. The number of benzene rings is 2. The summed E-state index contributed by atoms with van der Waals surface area (Å²) in [6.45, 7) is 2.70. The van der Waals surface area contributed by atoms with Crippen LogP contribution in [0.25, 0.3) is 0 Å². The number of anilines is 1. The van der Waals surface area contributed by atoms with E-state index in [1.165, 1.54) is 0 Å². The van der Waals surface area contributed by atoms with Crippen LogP contribution in [0.15, 0.2) is 48.5 Å². The molecule has 0 bridgehead atoms. The molecule has 0 saturated heterocycles. The van der Waals surface area contributed by atoms with Crippen LogP contribution < -0.4 is 4.90 Å². The van der Waals surface area contributed by atoms with Crippen molar-refractivity contribution < 1.29 is 9.53 Å². The summed E-state index contributed by atoms with van der Waals surface area (Å²) in [4.78, 5) is 14.6. The number of para-hydroxylation sites is 1. The van der Waals surface area contributed by atoms with Crippen LogP contribution in [0.4, 0.5) is 5.69 Å². The van der Waals surface area contributed by atoms with Crippen LogP contribution >= 0.6 is 0 Å². The molecule has 0 aromatic heterocycles. The van der Waals surface area contributed by atoms with Crippen molar-refractivity contribution in [2.45, 2.75) is 19.4 Å². The number of carbonyl (C=O) groups excluding carboxylic acids is 1. The van der Waals surface area contributed by atoms with Crippen LogP contribution in [-0.4, -0.2) is 19.6 Å². The largest absolute Gasteiger partial charge is 0.377 e. The van der Waals surface area contributed by atoms with Crippen molar-refractivity contribution in [3.8, 4) is 0 Å². The molecule has 0 fully saturated rings. The predicted molar refractivity (Wildman–Crippen MR) is 83.7 cm³/mol. The molecular weight excluding hydrogens is 262 g/mol. The van der Waals surface area contributed by atoms with E-state index in [-0.39, 0.29) is 12.0 Å². The third kappa shape index (κ3) is 2.57. The minimum atomic E-state index is 0.0528. The predicted octanol–water partition coefficient (Wildman–Crippen LogP) is 3.73. The molecule has 0 N–H and O–H groups in total. The summed E-state index contributed by atoms with van der Waals surface area (Å²) >= 11 is 0. The van der Waals surface area contributed by atoms with Crippen molar-refractivity contribution >= 4 is 11.6 Å². The molecule has 3 heteroatoms. The minimum Gasteiger partial charge on any atom is -0.377 e. The lowest BCUT2D eigenvalue weighted by Gasteiger charge is -2.33. The second-order valence-electron chi connectivity index (χ2n) is 5.39. The molecule has 1 aliphatic rings. The van der Waals surface area contributed by atoms with Crippen molar-refractivity contribution in [3.05, 3.63) is 65.2 Å². The second kappa shape index (κ2) is 5.70. The van der Waals surface area contributed by atoms with Crippen molar-refractivity contribution in [1.82, 2.24) is 0 Å². The molecule has 0 aliphatic carbocycles. The van der Waals surface area contributed by atoms with E-state index in [1.54, 1.807) is 7.11 Å². The fourth-order valence-electron chi connectivity index (χ4n) is 2.84. The molecule has 0 saturated carbocycles. The Bertz CT molecular complexity index is 649. The molecule has 2 aromatic rings. The lowest BCUT2D eigenvalue weighted by molar-refractivity contribution is 0.0868. The normalized spacial score (nSPS) is 17.4. The second-order valence-corrected chi connectivity index (χ2v) is 5.39. The molecule has 108 valence electrons. The van der Waals surface area contributed by atoms with Gasteiger partial charge >= 0.3 is 0 Å². The number of rotatable bonds is 2. The Morgan fingerprint density at radius 3 is 2.57 bits per heavy atom. The zero-order chi connectivity index (χ0) is 14.8. The summed E-state index contributed by atoms with van der Waals surface area (Å²) in [5.74, 6) is 0.0528. The van der Waals surface area contributed by atoms with Gasteiger partial charge < -0.3 is 9.64 Å². The van der Waals surface area contributed by atoms with Crippen LogP contribution in [-0.2, 0) is 4.74 Å². The van der Waals surface area contributed by atoms with Gasteiger partial charge in [-0.1, -0.05) is 35.9 Å². The fraction of sp³-hybridized carbons (Fsp3) is 0.278. The van der Waals surface area contributed by atoms with Gasteiger partial charge in [-0.05, 0) is 31.5 Å². The average Bonchev–Trinajstić information content (AvgIpc) is 2.54. The third-order valence-corrected chi connectivity index (χ3v) is 4.02. The molecule has 1 unspecified atom stereocenters. The molecular formula is C18H19NO2. The number of methoxy groups -OCH3 is 1. The molecule has 1 heterocycles. The number of amides is 1. The first-order valence-electron chi connectivity index (χ1n) is 7.21. The molecule has 0 spiro atoms. The Balaban J connectivity index is 1.96. The van der Waals surface area contributed by atoms with Gasteiger partial charge in [0.1, 0.15) is 0 Å². The quantitative estimate of drug-likeness (QED) is 0.839. The summed E-state index contributed by atoms with van der Waals surface area (Å²) in [7, 11) is 1.72. The van der Waals surface area contributed by atoms with E-state index >= 15 is 0 Å². The lowest BCUT2D eigenvalue weighted by Crippen LogP contribution is -2.37. The number of hydrogen-bond acceptors (Lipinski definition) is 2. The highest BCUT2D eigenvalue weighted by molar-refractivity contribution is 6.06. The van der Waals surface area contributed by atoms with Crippen molar-refractivity contribution in [2.75, 3.05) is 18.6 Å². The van der Waals surface area contributed by atoms with E-state index in [4.69, 9.17) is 4.74 Å². The highest BCUT2D eigenvalue weighted by atomic mass is 16.5. The smallest absolute Gasteiger partial charge is 0.258 e. The Hall–Kier alpha value is -2.13. The number of aryl methyl sites for hydroxylation is 1. The van der Waals surface area contributed by atoms with Gasteiger partial charge in [0, 0.05) is 30.5 Å². The van der Waals surface area contributed by atoms with Crippen molar-refractivity contribution in [2.24, 2.45) is 0 Å². The number of fused-ring (bicyclic) bond motifs is 1. The van der Waals surface area contributed by atoms with Gasteiger partial charge in [-0.3, -0.25) is 4.79 Å². The highest BCUT2D eigenvalue weighted by Gasteiger charge is 2.28. The zero-order valence-corrected chi connectivity index (χ0v) is 12.4. The van der Waals surface area contributed by atoms with E-state index in [9.17, 15) is 4.79 Å². The van der Waals surface area contributed by atoms with Gasteiger partial charge in [0.05, 0.1) is 6.10 Å². The molecule has 1 atom stereocenters. The van der Waals surface area contributed by atoms with Gasteiger partial charge in [-0.15, -0.1) is 0 Å².